The minimum absolute atomic E-state index is 0.154. The maximum absolute atomic E-state index is 11.5. The number of hydrogen-bond acceptors (Lipinski definition) is 5. The highest BCUT2D eigenvalue weighted by Crippen LogP contribution is 2.25. The Morgan fingerprint density at radius 1 is 1.55 bits per heavy atom. The van der Waals surface area contributed by atoms with Crippen molar-refractivity contribution < 1.29 is 9.32 Å². The summed E-state index contributed by atoms with van der Waals surface area (Å²) >= 11 is 1.60. The predicted molar refractivity (Wildman–Crippen MR) is 79.1 cm³/mol. The first-order valence-electron chi connectivity index (χ1n) is 6.48. The van der Waals surface area contributed by atoms with E-state index in [1.807, 2.05) is 49.4 Å². The van der Waals surface area contributed by atoms with Crippen molar-refractivity contribution in [1.82, 2.24) is 10.1 Å². The summed E-state index contributed by atoms with van der Waals surface area (Å²) in [6.45, 7) is 4.48. The molecule has 0 aliphatic heterocycles. The molecule has 1 amide bonds. The van der Waals surface area contributed by atoms with Crippen molar-refractivity contribution in [2.24, 2.45) is 11.7 Å². The zero-order valence-corrected chi connectivity index (χ0v) is 12.7. The molecule has 0 fully saturated rings. The highest BCUT2D eigenvalue weighted by atomic mass is 32.1. The van der Waals surface area contributed by atoms with Gasteiger partial charge in [0.25, 0.3) is 0 Å². The predicted octanol–water partition coefficient (Wildman–Crippen LogP) is 2.34. The Hall–Kier alpha value is -1.66. The van der Waals surface area contributed by atoms with Crippen LogP contribution in [0, 0.1) is 5.92 Å². The van der Waals surface area contributed by atoms with E-state index < -0.39 is 0 Å². The lowest BCUT2D eigenvalue weighted by atomic mass is 10.0. The first-order chi connectivity index (χ1) is 9.49. The number of amides is 1. The minimum atomic E-state index is -0.315. The highest BCUT2D eigenvalue weighted by Gasteiger charge is 2.25. The summed E-state index contributed by atoms with van der Waals surface area (Å²) < 4.78 is 5.33. The molecule has 2 N–H and O–H groups in total. The summed E-state index contributed by atoms with van der Waals surface area (Å²) in [5.74, 6) is 0.592. The number of primary amides is 1. The summed E-state index contributed by atoms with van der Waals surface area (Å²) in [4.78, 5) is 14.5. The van der Waals surface area contributed by atoms with Gasteiger partial charge in [0, 0.05) is 12.6 Å². The Labute approximate surface area is 122 Å². The SMILES string of the molecule is CC(C)C(C(N)=O)N(C)Cc1cc(-c2cccs2)on1. The van der Waals surface area contributed by atoms with Gasteiger partial charge >= 0.3 is 0 Å². The number of hydrogen-bond donors (Lipinski definition) is 1. The van der Waals surface area contributed by atoms with Gasteiger partial charge < -0.3 is 10.3 Å². The van der Waals surface area contributed by atoms with Crippen LogP contribution in [0.3, 0.4) is 0 Å². The lowest BCUT2D eigenvalue weighted by molar-refractivity contribution is -0.124. The number of nitrogens with two attached hydrogens (primary N) is 1. The Balaban J connectivity index is 2.08. The molecule has 20 heavy (non-hydrogen) atoms. The molecular weight excluding hydrogens is 274 g/mol. The third-order valence-corrected chi connectivity index (χ3v) is 4.02. The van der Waals surface area contributed by atoms with Gasteiger partial charge in [-0.2, -0.15) is 0 Å². The van der Waals surface area contributed by atoms with Gasteiger partial charge in [-0.3, -0.25) is 9.69 Å². The highest BCUT2D eigenvalue weighted by molar-refractivity contribution is 7.13. The van der Waals surface area contributed by atoms with E-state index in [1.54, 1.807) is 11.3 Å². The van der Waals surface area contributed by atoms with E-state index in [-0.39, 0.29) is 17.9 Å². The number of rotatable bonds is 6. The molecule has 108 valence electrons. The van der Waals surface area contributed by atoms with Crippen molar-refractivity contribution in [2.45, 2.75) is 26.4 Å². The molecule has 6 heteroatoms. The zero-order chi connectivity index (χ0) is 14.7. The van der Waals surface area contributed by atoms with Crippen LogP contribution in [0.1, 0.15) is 19.5 Å². The van der Waals surface area contributed by atoms with E-state index in [1.165, 1.54) is 0 Å². The van der Waals surface area contributed by atoms with Crippen molar-refractivity contribution in [3.05, 3.63) is 29.3 Å². The van der Waals surface area contributed by atoms with Crippen molar-refractivity contribution >= 4 is 17.2 Å². The van der Waals surface area contributed by atoms with E-state index in [9.17, 15) is 4.79 Å². The monoisotopic (exact) mass is 293 g/mol. The van der Waals surface area contributed by atoms with Gasteiger partial charge in [-0.15, -0.1) is 11.3 Å². The minimum Gasteiger partial charge on any atom is -0.368 e. The average Bonchev–Trinajstić information content (AvgIpc) is 2.96. The van der Waals surface area contributed by atoms with Crippen LogP contribution in [-0.4, -0.2) is 29.1 Å². The molecule has 1 unspecified atom stereocenters. The summed E-state index contributed by atoms with van der Waals surface area (Å²) in [6.07, 6.45) is 0. The van der Waals surface area contributed by atoms with Gasteiger partial charge in [0.1, 0.15) is 0 Å². The van der Waals surface area contributed by atoms with E-state index in [0.717, 1.165) is 16.3 Å². The first kappa shape index (κ1) is 14.7. The van der Waals surface area contributed by atoms with Crippen molar-refractivity contribution in [3.63, 3.8) is 0 Å². The quantitative estimate of drug-likeness (QED) is 0.887. The number of nitrogens with zero attached hydrogens (tertiary/aromatic N) is 2. The molecule has 0 aliphatic rings. The van der Waals surface area contributed by atoms with Crippen LogP contribution in [0.5, 0.6) is 0 Å². The Kier molecular flexibility index (Phi) is 4.57. The molecule has 2 aromatic rings. The van der Waals surface area contributed by atoms with Gasteiger partial charge in [0.05, 0.1) is 16.6 Å². The first-order valence-corrected chi connectivity index (χ1v) is 7.36. The van der Waals surface area contributed by atoms with E-state index in [2.05, 4.69) is 5.16 Å². The van der Waals surface area contributed by atoms with E-state index >= 15 is 0 Å². The summed E-state index contributed by atoms with van der Waals surface area (Å²) in [7, 11) is 1.87. The lowest BCUT2D eigenvalue weighted by Gasteiger charge is -2.27. The van der Waals surface area contributed by atoms with Gasteiger partial charge in [0.15, 0.2) is 5.76 Å². The summed E-state index contributed by atoms with van der Waals surface area (Å²) in [5.41, 5.74) is 6.25. The molecule has 0 saturated heterocycles. The Bertz CT molecular complexity index is 563. The molecule has 0 bridgehead atoms. The lowest BCUT2D eigenvalue weighted by Crippen LogP contribution is -2.45. The molecule has 2 rings (SSSR count). The molecular formula is C14H19N3O2S. The Morgan fingerprint density at radius 2 is 2.30 bits per heavy atom. The van der Waals surface area contributed by atoms with Crippen molar-refractivity contribution in [1.29, 1.82) is 0 Å². The number of aromatic nitrogens is 1. The fourth-order valence-corrected chi connectivity index (χ4v) is 3.00. The molecule has 2 aromatic heterocycles. The molecule has 0 spiro atoms. The maximum Gasteiger partial charge on any atom is 0.235 e. The molecule has 5 nitrogen and oxygen atoms in total. The van der Waals surface area contributed by atoms with Crippen LogP contribution in [0.15, 0.2) is 28.1 Å². The van der Waals surface area contributed by atoms with Crippen LogP contribution in [0.2, 0.25) is 0 Å². The zero-order valence-electron chi connectivity index (χ0n) is 11.9. The third kappa shape index (κ3) is 3.26. The van der Waals surface area contributed by atoms with E-state index in [0.29, 0.717) is 6.54 Å². The average molecular weight is 293 g/mol. The summed E-state index contributed by atoms with van der Waals surface area (Å²) in [5, 5.41) is 6.04. The summed E-state index contributed by atoms with van der Waals surface area (Å²) in [6, 6.07) is 5.55. The van der Waals surface area contributed by atoms with E-state index in [4.69, 9.17) is 10.3 Å². The second-order valence-corrected chi connectivity index (χ2v) is 6.11. The molecule has 0 aliphatic carbocycles. The number of carbonyl (C=O) groups excluding carboxylic acids is 1. The van der Waals surface area contributed by atoms with Gasteiger partial charge in [-0.25, -0.2) is 0 Å². The smallest absolute Gasteiger partial charge is 0.235 e. The molecule has 0 radical (unpaired) electrons. The topological polar surface area (TPSA) is 72.4 Å². The Morgan fingerprint density at radius 3 is 2.85 bits per heavy atom. The van der Waals surface area contributed by atoms with Crippen molar-refractivity contribution in [2.75, 3.05) is 7.05 Å². The van der Waals surface area contributed by atoms with Gasteiger partial charge in [-0.1, -0.05) is 25.1 Å². The maximum atomic E-state index is 11.5. The fourth-order valence-electron chi connectivity index (χ4n) is 2.33. The second-order valence-electron chi connectivity index (χ2n) is 5.17. The standard InChI is InChI=1S/C14H19N3O2S/c1-9(2)13(14(15)18)17(3)8-10-7-11(19-16-10)12-5-4-6-20-12/h4-7,9,13H,8H2,1-3H3,(H2,15,18). The molecule has 0 aromatic carbocycles. The number of thiophene rings is 1. The van der Waals surface area contributed by atoms with Gasteiger partial charge in [0.2, 0.25) is 5.91 Å². The number of likely N-dealkylation sites (N-methyl/N-ethyl adjacent to an activating group) is 1. The van der Waals surface area contributed by atoms with Gasteiger partial charge in [-0.05, 0) is 24.4 Å². The molecule has 1 atom stereocenters. The van der Waals surface area contributed by atoms with Crippen LogP contribution >= 0.6 is 11.3 Å². The largest absolute Gasteiger partial charge is 0.368 e. The third-order valence-electron chi connectivity index (χ3n) is 3.13. The van der Waals surface area contributed by atoms with Crippen LogP contribution in [0.4, 0.5) is 0 Å². The molecule has 2 heterocycles. The normalized spacial score (nSPS) is 13.1. The van der Waals surface area contributed by atoms with Crippen molar-refractivity contribution in [3.8, 4) is 10.6 Å². The van der Waals surface area contributed by atoms with Crippen LogP contribution in [-0.2, 0) is 11.3 Å². The number of carbonyl (C=O) groups is 1. The molecule has 0 saturated carbocycles. The second kappa shape index (κ2) is 6.19. The van der Waals surface area contributed by atoms with Crippen LogP contribution < -0.4 is 5.73 Å². The van der Waals surface area contributed by atoms with Crippen LogP contribution in [0.25, 0.3) is 10.6 Å². The fraction of sp³-hybridized carbons (Fsp3) is 0.429.